The van der Waals surface area contributed by atoms with Gasteiger partial charge < -0.3 is 15.0 Å². The van der Waals surface area contributed by atoms with Gasteiger partial charge in [0.1, 0.15) is 6.61 Å². The van der Waals surface area contributed by atoms with E-state index in [0.717, 1.165) is 13.1 Å². The zero-order chi connectivity index (χ0) is 16.6. The standard InChI is InChI=1S/C19H28N2O2/c1-19(2,3)14-8-13-10-21(18(22)12-23-4)11-16(13)15(9-14)17-6-5-7-20-17/h8-9,17,20H,5-7,10-12H2,1-4H3/t17-/m0/s1. The van der Waals surface area contributed by atoms with Crippen molar-refractivity contribution in [1.29, 1.82) is 0 Å². The minimum Gasteiger partial charge on any atom is -0.375 e. The number of amides is 1. The minimum atomic E-state index is 0.0753. The Morgan fingerprint density at radius 2 is 2.13 bits per heavy atom. The summed E-state index contributed by atoms with van der Waals surface area (Å²) in [5.41, 5.74) is 5.54. The highest BCUT2D eigenvalue weighted by Crippen LogP contribution is 2.37. The number of rotatable bonds is 3. The van der Waals surface area contributed by atoms with E-state index in [4.69, 9.17) is 4.74 Å². The van der Waals surface area contributed by atoms with E-state index >= 15 is 0 Å². The molecule has 3 rings (SSSR count). The van der Waals surface area contributed by atoms with Gasteiger partial charge in [0.15, 0.2) is 0 Å². The van der Waals surface area contributed by atoms with Crippen molar-refractivity contribution in [3.05, 3.63) is 34.4 Å². The van der Waals surface area contributed by atoms with Gasteiger partial charge in [0, 0.05) is 26.2 Å². The third-order valence-electron chi connectivity index (χ3n) is 5.01. The lowest BCUT2D eigenvalue weighted by Crippen LogP contribution is -2.28. The minimum absolute atomic E-state index is 0.0753. The molecule has 1 fully saturated rings. The van der Waals surface area contributed by atoms with Crippen LogP contribution >= 0.6 is 0 Å². The van der Waals surface area contributed by atoms with Gasteiger partial charge in [-0.2, -0.15) is 0 Å². The molecule has 0 bridgehead atoms. The summed E-state index contributed by atoms with van der Waals surface area (Å²) < 4.78 is 5.02. The number of carbonyl (C=O) groups excluding carboxylic acids is 1. The molecule has 0 radical (unpaired) electrons. The molecule has 2 aliphatic rings. The molecule has 0 aromatic heterocycles. The average molecular weight is 316 g/mol. The van der Waals surface area contributed by atoms with Crippen LogP contribution < -0.4 is 5.32 Å². The number of ether oxygens (including phenoxy) is 1. The van der Waals surface area contributed by atoms with Crippen molar-refractivity contribution in [2.75, 3.05) is 20.3 Å². The van der Waals surface area contributed by atoms with Gasteiger partial charge in [-0.3, -0.25) is 4.79 Å². The highest BCUT2D eigenvalue weighted by Gasteiger charge is 2.31. The summed E-state index contributed by atoms with van der Waals surface area (Å²) in [7, 11) is 1.58. The molecule has 1 aromatic rings. The molecule has 2 heterocycles. The molecule has 2 aliphatic heterocycles. The van der Waals surface area contributed by atoms with Crippen molar-refractivity contribution in [2.24, 2.45) is 0 Å². The summed E-state index contributed by atoms with van der Waals surface area (Å²) >= 11 is 0. The van der Waals surface area contributed by atoms with Crippen LogP contribution in [-0.2, 0) is 28.0 Å². The Morgan fingerprint density at radius 3 is 2.74 bits per heavy atom. The first-order valence-corrected chi connectivity index (χ1v) is 8.56. The first kappa shape index (κ1) is 16.5. The molecule has 0 saturated carbocycles. The van der Waals surface area contributed by atoms with Crippen LogP contribution in [-0.4, -0.2) is 31.1 Å². The summed E-state index contributed by atoms with van der Waals surface area (Å²) in [6, 6.07) is 5.10. The first-order valence-electron chi connectivity index (χ1n) is 8.56. The lowest BCUT2D eigenvalue weighted by Gasteiger charge is -2.24. The van der Waals surface area contributed by atoms with Crippen molar-refractivity contribution < 1.29 is 9.53 Å². The third kappa shape index (κ3) is 3.29. The molecule has 0 spiro atoms. The Labute approximate surface area is 139 Å². The van der Waals surface area contributed by atoms with Gasteiger partial charge >= 0.3 is 0 Å². The number of carbonyl (C=O) groups is 1. The summed E-state index contributed by atoms with van der Waals surface area (Å²) in [5.74, 6) is 0.0753. The second kappa shape index (κ2) is 6.25. The number of hydrogen-bond acceptors (Lipinski definition) is 3. The first-order chi connectivity index (χ1) is 10.9. The van der Waals surface area contributed by atoms with E-state index in [1.54, 1.807) is 7.11 Å². The number of benzene rings is 1. The Morgan fingerprint density at radius 1 is 1.35 bits per heavy atom. The SMILES string of the molecule is COCC(=O)N1Cc2cc(C(C)(C)C)cc([C@@H]3CCCN3)c2C1. The molecule has 1 amide bonds. The van der Waals surface area contributed by atoms with Crippen LogP contribution in [0.2, 0.25) is 0 Å². The van der Waals surface area contributed by atoms with Gasteiger partial charge in [-0.25, -0.2) is 0 Å². The fourth-order valence-electron chi connectivity index (χ4n) is 3.63. The van der Waals surface area contributed by atoms with Crippen molar-refractivity contribution in [3.63, 3.8) is 0 Å². The number of hydrogen-bond donors (Lipinski definition) is 1. The van der Waals surface area contributed by atoms with E-state index in [0.29, 0.717) is 12.6 Å². The van der Waals surface area contributed by atoms with E-state index in [9.17, 15) is 4.79 Å². The molecule has 1 saturated heterocycles. The molecule has 23 heavy (non-hydrogen) atoms. The summed E-state index contributed by atoms with van der Waals surface area (Å²) in [4.78, 5) is 14.1. The maximum atomic E-state index is 12.2. The van der Waals surface area contributed by atoms with Gasteiger partial charge in [-0.15, -0.1) is 0 Å². The molecular weight excluding hydrogens is 288 g/mol. The Kier molecular flexibility index (Phi) is 4.47. The predicted molar refractivity (Wildman–Crippen MR) is 91.2 cm³/mol. The van der Waals surface area contributed by atoms with E-state index in [-0.39, 0.29) is 17.9 Å². The highest BCUT2D eigenvalue weighted by atomic mass is 16.5. The third-order valence-corrected chi connectivity index (χ3v) is 5.01. The van der Waals surface area contributed by atoms with Crippen LogP contribution in [0.4, 0.5) is 0 Å². The monoisotopic (exact) mass is 316 g/mol. The fraction of sp³-hybridized carbons (Fsp3) is 0.632. The van der Waals surface area contributed by atoms with Crippen LogP contribution in [0.25, 0.3) is 0 Å². The summed E-state index contributed by atoms with van der Waals surface area (Å²) in [5, 5.41) is 3.62. The Bertz CT molecular complexity index is 598. The fourth-order valence-corrected chi connectivity index (χ4v) is 3.63. The van der Waals surface area contributed by atoms with Crippen LogP contribution in [0, 0.1) is 0 Å². The van der Waals surface area contributed by atoms with E-state index in [2.05, 4.69) is 38.2 Å². The number of methoxy groups -OCH3 is 1. The van der Waals surface area contributed by atoms with Gasteiger partial charge in [-0.05, 0) is 47.1 Å². The zero-order valence-corrected chi connectivity index (χ0v) is 14.7. The Balaban J connectivity index is 1.97. The van der Waals surface area contributed by atoms with E-state index in [1.807, 2.05) is 4.90 Å². The molecule has 1 N–H and O–H groups in total. The van der Waals surface area contributed by atoms with Crippen LogP contribution in [0.5, 0.6) is 0 Å². The molecule has 1 aromatic carbocycles. The quantitative estimate of drug-likeness (QED) is 0.932. The van der Waals surface area contributed by atoms with Gasteiger partial charge in [0.2, 0.25) is 5.91 Å². The lowest BCUT2D eigenvalue weighted by atomic mass is 9.82. The van der Waals surface area contributed by atoms with Crippen molar-refractivity contribution in [1.82, 2.24) is 10.2 Å². The second-order valence-electron chi connectivity index (χ2n) is 7.78. The Hall–Kier alpha value is -1.39. The lowest BCUT2D eigenvalue weighted by molar-refractivity contribution is -0.135. The van der Waals surface area contributed by atoms with Crippen molar-refractivity contribution in [3.8, 4) is 0 Å². The van der Waals surface area contributed by atoms with Crippen molar-refractivity contribution in [2.45, 2.75) is 58.2 Å². The van der Waals surface area contributed by atoms with E-state index < -0.39 is 0 Å². The van der Waals surface area contributed by atoms with Gasteiger partial charge in [0.05, 0.1) is 0 Å². The molecule has 4 nitrogen and oxygen atoms in total. The zero-order valence-electron chi connectivity index (χ0n) is 14.7. The molecule has 0 aliphatic carbocycles. The highest BCUT2D eigenvalue weighted by molar-refractivity contribution is 5.78. The summed E-state index contributed by atoms with van der Waals surface area (Å²) in [6.07, 6.45) is 2.41. The predicted octanol–water partition coefficient (Wildman–Crippen LogP) is 2.90. The maximum absolute atomic E-state index is 12.2. The topological polar surface area (TPSA) is 41.6 Å². The van der Waals surface area contributed by atoms with E-state index in [1.165, 1.54) is 35.1 Å². The largest absolute Gasteiger partial charge is 0.375 e. The van der Waals surface area contributed by atoms with Crippen LogP contribution in [0.1, 0.15) is 61.9 Å². The molecule has 0 unspecified atom stereocenters. The molecular formula is C19H28N2O2. The summed E-state index contributed by atoms with van der Waals surface area (Å²) in [6.45, 7) is 9.44. The van der Waals surface area contributed by atoms with Gasteiger partial charge in [-0.1, -0.05) is 32.9 Å². The van der Waals surface area contributed by atoms with Crippen LogP contribution in [0.15, 0.2) is 12.1 Å². The number of nitrogens with zero attached hydrogens (tertiary/aromatic N) is 1. The van der Waals surface area contributed by atoms with Gasteiger partial charge in [0.25, 0.3) is 0 Å². The molecule has 1 atom stereocenters. The number of fused-ring (bicyclic) bond motifs is 1. The number of nitrogens with one attached hydrogen (secondary N) is 1. The second-order valence-corrected chi connectivity index (χ2v) is 7.78. The molecule has 4 heteroatoms. The average Bonchev–Trinajstić information content (AvgIpc) is 3.14. The smallest absolute Gasteiger partial charge is 0.249 e. The van der Waals surface area contributed by atoms with Crippen LogP contribution in [0.3, 0.4) is 0 Å². The van der Waals surface area contributed by atoms with Crippen molar-refractivity contribution >= 4 is 5.91 Å². The normalized spacial score (nSPS) is 20.9. The maximum Gasteiger partial charge on any atom is 0.249 e. The molecule has 126 valence electrons.